The fourth-order valence-corrected chi connectivity index (χ4v) is 19.0. The van der Waals surface area contributed by atoms with Crippen LogP contribution in [0, 0.1) is 0 Å². The third-order valence-electron chi connectivity index (χ3n) is 11.8. The zero-order valence-corrected chi connectivity index (χ0v) is 33.8. The summed E-state index contributed by atoms with van der Waals surface area (Å²) in [7, 11) is -4.34. The Morgan fingerprint density at radius 1 is 0.328 bits per heavy atom. The van der Waals surface area contributed by atoms with Gasteiger partial charge in [-0.25, -0.2) is 0 Å². The maximum Gasteiger partial charge on any atom is 0.188 e. The van der Waals surface area contributed by atoms with Crippen molar-refractivity contribution in [1.29, 1.82) is 0 Å². The first kappa shape index (κ1) is 34.3. The topological polar surface area (TPSA) is 12.5 Å². The van der Waals surface area contributed by atoms with Crippen molar-refractivity contribution in [2.75, 3.05) is 4.90 Å². The van der Waals surface area contributed by atoms with Crippen LogP contribution in [0.1, 0.15) is 0 Å². The van der Waals surface area contributed by atoms with Gasteiger partial charge in [-0.05, 0) is 103 Å². The van der Waals surface area contributed by atoms with Gasteiger partial charge in [0, 0.05) is 17.1 Å². The van der Waals surface area contributed by atoms with Gasteiger partial charge in [0.1, 0.15) is 11.5 Å². The van der Waals surface area contributed by atoms with Crippen LogP contribution in [-0.4, -0.2) is 16.9 Å². The second-order valence-corrected chi connectivity index (χ2v) is 21.1. The number of hydrogen-bond acceptors (Lipinski definition) is 2. The zero-order valence-electron chi connectivity index (χ0n) is 31.8. The molecule has 0 N–H and O–H groups in total. The first-order valence-corrected chi connectivity index (χ1v) is 23.4. The van der Waals surface area contributed by atoms with E-state index in [1.165, 1.54) is 58.6 Å². The highest BCUT2D eigenvalue weighted by Gasteiger charge is 2.53. The number of benzene rings is 9. The molecule has 9 aromatic carbocycles. The molecule has 273 valence electrons. The monoisotopic (exact) mass is 772 g/mol. The maximum absolute atomic E-state index is 6.75. The van der Waals surface area contributed by atoms with Crippen molar-refractivity contribution in [2.45, 2.75) is 0 Å². The Morgan fingerprint density at radius 3 is 1.41 bits per heavy atom. The number of fused-ring (bicyclic) bond motifs is 8. The molecule has 2 nitrogen and oxygen atoms in total. The smallest absolute Gasteiger partial charge is 0.188 e. The van der Waals surface area contributed by atoms with Crippen LogP contribution in [0.4, 0.5) is 17.1 Å². The Labute approximate surface area is 342 Å². The number of ether oxygens (including phenoxy) is 1. The van der Waals surface area contributed by atoms with Gasteiger partial charge in [0.2, 0.25) is 0 Å². The second kappa shape index (κ2) is 14.2. The number of nitrogens with zero attached hydrogens (tertiary/aromatic N) is 1. The SMILES string of the molecule is c1ccc(-c2cc(-c3ccccc3)cc(N(c3ccccc3)c3ccc4c(c3)[Si](c3ccccc3)c3ccccc3[Si]43c4ccccc4Oc4ccccc43)c2)cc1. The van der Waals surface area contributed by atoms with Crippen molar-refractivity contribution in [3.8, 4) is 33.8 Å². The lowest BCUT2D eigenvalue weighted by molar-refractivity contribution is 0.487. The molecule has 0 fully saturated rings. The van der Waals surface area contributed by atoms with Crippen molar-refractivity contribution in [1.82, 2.24) is 0 Å². The molecule has 58 heavy (non-hydrogen) atoms. The average molecular weight is 773 g/mol. The first-order chi connectivity index (χ1) is 28.8. The van der Waals surface area contributed by atoms with Crippen molar-refractivity contribution in [2.24, 2.45) is 0 Å². The minimum Gasteiger partial charge on any atom is -0.458 e. The van der Waals surface area contributed by atoms with Gasteiger partial charge >= 0.3 is 0 Å². The molecule has 0 unspecified atom stereocenters. The van der Waals surface area contributed by atoms with Crippen molar-refractivity contribution in [3.63, 3.8) is 0 Å². The molecule has 0 amide bonds. The van der Waals surface area contributed by atoms with E-state index in [9.17, 15) is 0 Å². The van der Waals surface area contributed by atoms with Crippen LogP contribution >= 0.6 is 0 Å². The van der Waals surface area contributed by atoms with Crippen LogP contribution in [0.5, 0.6) is 11.5 Å². The fourth-order valence-electron chi connectivity index (χ4n) is 9.37. The third-order valence-corrected chi connectivity index (χ3v) is 20.1. The van der Waals surface area contributed by atoms with E-state index >= 15 is 0 Å². The molecular formula is C54H38NOSi2. The molecule has 0 saturated carbocycles. The largest absolute Gasteiger partial charge is 0.458 e. The summed E-state index contributed by atoms with van der Waals surface area (Å²) in [6, 6.07) is 85.0. The Morgan fingerprint density at radius 2 is 0.810 bits per heavy atom. The van der Waals surface area contributed by atoms with Crippen LogP contribution in [0.15, 0.2) is 231 Å². The summed E-state index contributed by atoms with van der Waals surface area (Å²) in [5, 5.41) is 9.84. The lowest BCUT2D eigenvalue weighted by Gasteiger charge is -2.46. The van der Waals surface area contributed by atoms with E-state index in [0.717, 1.165) is 28.6 Å². The molecule has 2 aliphatic rings. The number of para-hydroxylation sites is 3. The van der Waals surface area contributed by atoms with Gasteiger partial charge in [-0.1, -0.05) is 186 Å². The van der Waals surface area contributed by atoms with E-state index in [-0.39, 0.29) is 0 Å². The minimum absolute atomic E-state index is 0.963. The van der Waals surface area contributed by atoms with E-state index in [0.29, 0.717) is 0 Å². The summed E-state index contributed by atoms with van der Waals surface area (Å²) in [6.45, 7) is 0. The van der Waals surface area contributed by atoms with E-state index in [1.54, 1.807) is 0 Å². The van der Waals surface area contributed by atoms with Gasteiger partial charge < -0.3 is 9.64 Å². The fraction of sp³-hybridized carbons (Fsp3) is 0. The molecule has 2 aliphatic heterocycles. The van der Waals surface area contributed by atoms with Gasteiger partial charge in [-0.3, -0.25) is 0 Å². The summed E-state index contributed by atoms with van der Waals surface area (Å²) in [6.07, 6.45) is 0. The van der Waals surface area contributed by atoms with Gasteiger partial charge in [-0.2, -0.15) is 0 Å². The molecule has 11 rings (SSSR count). The third kappa shape index (κ3) is 5.52. The standard InChI is InChI=1S/C54H38NOSi2/c1-5-19-39(20-6-1)41-35-42(40-21-7-2-8-22-40)37-45(36-41)55(43-23-9-3-10-24-43)44-33-34-54-50(38-44)57(46-25-11-4-12-26-46)49-29-15-18-32-53(49)58(54)51-30-16-13-27-47(51)56-48-28-14-17-31-52(48)58/h1-38H. The van der Waals surface area contributed by atoms with Crippen molar-refractivity contribution >= 4 is 70.2 Å². The first-order valence-electron chi connectivity index (χ1n) is 19.9. The molecule has 0 saturated heterocycles. The molecule has 9 aromatic rings. The molecule has 4 heteroatoms. The lowest BCUT2D eigenvalue weighted by atomic mass is 9.97. The molecule has 1 spiro atoms. The summed E-state index contributed by atoms with van der Waals surface area (Å²) < 4.78 is 6.75. The summed E-state index contributed by atoms with van der Waals surface area (Å²) >= 11 is 0. The number of anilines is 3. The van der Waals surface area contributed by atoms with Gasteiger partial charge in [0.05, 0.1) is 0 Å². The van der Waals surface area contributed by atoms with E-state index in [2.05, 4.69) is 235 Å². The normalized spacial score (nSPS) is 13.4. The summed E-state index contributed by atoms with van der Waals surface area (Å²) in [5.74, 6) is 1.93. The Balaban J connectivity index is 1.22. The van der Waals surface area contributed by atoms with E-state index in [4.69, 9.17) is 4.74 Å². The highest BCUT2D eigenvalue weighted by molar-refractivity contribution is 7.27. The summed E-state index contributed by atoms with van der Waals surface area (Å²) in [4.78, 5) is 2.46. The minimum atomic E-state index is -2.87. The highest BCUT2D eigenvalue weighted by Crippen LogP contribution is 2.40. The van der Waals surface area contributed by atoms with E-state index < -0.39 is 16.9 Å². The predicted molar refractivity (Wildman–Crippen MR) is 247 cm³/mol. The molecular weight excluding hydrogens is 735 g/mol. The van der Waals surface area contributed by atoms with Crippen LogP contribution in [0.3, 0.4) is 0 Å². The Kier molecular flexibility index (Phi) is 8.39. The molecule has 0 bridgehead atoms. The van der Waals surface area contributed by atoms with Crippen LogP contribution in [0.25, 0.3) is 22.3 Å². The summed E-state index contributed by atoms with van der Waals surface area (Å²) in [5.41, 5.74) is 8.12. The van der Waals surface area contributed by atoms with Crippen molar-refractivity contribution in [3.05, 3.63) is 231 Å². The maximum atomic E-state index is 6.75. The van der Waals surface area contributed by atoms with Gasteiger partial charge in [-0.15, -0.1) is 0 Å². The lowest BCUT2D eigenvalue weighted by Crippen LogP contribution is -2.87. The predicted octanol–water partition coefficient (Wildman–Crippen LogP) is 8.80. The molecule has 1 radical (unpaired) electrons. The van der Waals surface area contributed by atoms with Gasteiger partial charge in [0.25, 0.3) is 0 Å². The molecule has 0 aromatic heterocycles. The van der Waals surface area contributed by atoms with Crippen LogP contribution < -0.4 is 45.9 Å². The van der Waals surface area contributed by atoms with Gasteiger partial charge in [0.15, 0.2) is 16.9 Å². The van der Waals surface area contributed by atoms with E-state index in [1.807, 2.05) is 0 Å². The Bertz CT molecular complexity index is 2830. The highest BCUT2D eigenvalue weighted by atomic mass is 28.3. The second-order valence-electron chi connectivity index (χ2n) is 15.0. The quantitative estimate of drug-likeness (QED) is 0.157. The van der Waals surface area contributed by atoms with Crippen LogP contribution in [0.2, 0.25) is 0 Å². The number of hydrogen-bond donors (Lipinski definition) is 0. The molecule has 0 atom stereocenters. The Hall–Kier alpha value is -6.99. The van der Waals surface area contributed by atoms with Crippen molar-refractivity contribution < 1.29 is 4.74 Å². The zero-order chi connectivity index (χ0) is 38.5. The number of rotatable bonds is 6. The van der Waals surface area contributed by atoms with Crippen LogP contribution in [-0.2, 0) is 0 Å². The average Bonchev–Trinajstić information content (AvgIpc) is 3.30. The molecule has 2 heterocycles. The molecule has 0 aliphatic carbocycles.